The van der Waals surface area contributed by atoms with Crippen molar-refractivity contribution >= 4 is 5.78 Å². The van der Waals surface area contributed by atoms with Crippen LogP contribution in [0.25, 0.3) is 0 Å². The summed E-state index contributed by atoms with van der Waals surface area (Å²) >= 11 is 0. The summed E-state index contributed by atoms with van der Waals surface area (Å²) in [6.45, 7) is 0.903. The minimum Gasteiger partial charge on any atom is -0.384 e. The van der Waals surface area contributed by atoms with Crippen LogP contribution >= 0.6 is 0 Å². The average Bonchev–Trinajstić information content (AvgIpc) is 3.01. The SMILES string of the molecule is O=C1C[C@](O)(COCc2ccccc2)[C@@H](OCc2ccccc2)[C@H](OCc2ccccc2)[C@@H]1OCc1ccccc1. The zero-order valence-corrected chi connectivity index (χ0v) is 23.0. The maximum Gasteiger partial charge on any atom is 0.167 e. The maximum absolute atomic E-state index is 13.6. The smallest absolute Gasteiger partial charge is 0.167 e. The van der Waals surface area contributed by atoms with Crippen LogP contribution in [0, 0.1) is 0 Å². The first-order valence-corrected chi connectivity index (χ1v) is 13.9. The molecule has 0 spiro atoms. The zero-order valence-electron chi connectivity index (χ0n) is 23.0. The first kappa shape index (κ1) is 28.9. The summed E-state index contributed by atoms with van der Waals surface area (Å²) in [5.74, 6) is -0.246. The van der Waals surface area contributed by atoms with Gasteiger partial charge in [-0.05, 0) is 22.3 Å². The molecule has 0 unspecified atom stereocenters. The number of carbonyl (C=O) groups excluding carboxylic acids is 1. The van der Waals surface area contributed by atoms with E-state index in [1.54, 1.807) is 0 Å². The molecule has 4 atom stereocenters. The summed E-state index contributed by atoms with van der Waals surface area (Å²) < 4.78 is 25.1. The molecular weight excluding hydrogens is 516 g/mol. The highest BCUT2D eigenvalue weighted by molar-refractivity contribution is 5.86. The van der Waals surface area contributed by atoms with Crippen molar-refractivity contribution in [1.82, 2.24) is 0 Å². The molecule has 1 N–H and O–H groups in total. The Bertz CT molecular complexity index is 1330. The van der Waals surface area contributed by atoms with Gasteiger partial charge in [0, 0.05) is 6.42 Å². The normalized spacial score (nSPS) is 22.5. The minimum atomic E-state index is -1.62. The number of Topliss-reactive ketones (excluding diaryl/α,β-unsaturated/α-hetero) is 1. The van der Waals surface area contributed by atoms with Crippen LogP contribution in [-0.4, -0.2) is 41.4 Å². The number of ketones is 1. The third kappa shape index (κ3) is 7.97. The van der Waals surface area contributed by atoms with E-state index < -0.39 is 23.9 Å². The number of carbonyl (C=O) groups is 1. The number of hydrogen-bond donors (Lipinski definition) is 1. The molecule has 5 rings (SSSR count). The van der Waals surface area contributed by atoms with Gasteiger partial charge in [0.05, 0.1) is 33.0 Å². The van der Waals surface area contributed by atoms with Crippen LogP contribution in [0.1, 0.15) is 28.7 Å². The molecule has 0 aromatic heterocycles. The summed E-state index contributed by atoms with van der Waals surface area (Å²) in [7, 11) is 0. The topological polar surface area (TPSA) is 74.2 Å². The molecule has 0 aliphatic heterocycles. The van der Waals surface area contributed by atoms with Gasteiger partial charge in [-0.2, -0.15) is 0 Å². The summed E-state index contributed by atoms with van der Waals surface area (Å²) in [6, 6.07) is 38.9. The monoisotopic (exact) mass is 552 g/mol. The van der Waals surface area contributed by atoms with Gasteiger partial charge in [-0.1, -0.05) is 121 Å². The number of rotatable bonds is 13. The first-order chi connectivity index (χ1) is 20.1. The molecule has 0 heterocycles. The van der Waals surface area contributed by atoms with E-state index in [1.165, 1.54) is 0 Å². The Kier molecular flexibility index (Phi) is 10.1. The Morgan fingerprint density at radius 3 is 1.49 bits per heavy atom. The lowest BCUT2D eigenvalue weighted by Crippen LogP contribution is -2.65. The first-order valence-electron chi connectivity index (χ1n) is 13.9. The van der Waals surface area contributed by atoms with Crippen molar-refractivity contribution in [3.63, 3.8) is 0 Å². The van der Waals surface area contributed by atoms with E-state index in [0.717, 1.165) is 22.3 Å². The molecule has 1 fully saturated rings. The fourth-order valence-electron chi connectivity index (χ4n) is 5.10. The number of hydrogen-bond acceptors (Lipinski definition) is 6. The molecule has 0 saturated heterocycles. The molecule has 41 heavy (non-hydrogen) atoms. The van der Waals surface area contributed by atoms with Gasteiger partial charge in [0.1, 0.15) is 23.9 Å². The van der Waals surface area contributed by atoms with Gasteiger partial charge >= 0.3 is 0 Å². The summed E-state index contributed by atoms with van der Waals surface area (Å²) in [5, 5.41) is 12.0. The Morgan fingerprint density at radius 1 is 0.585 bits per heavy atom. The Labute approximate surface area is 241 Å². The molecule has 1 aliphatic rings. The van der Waals surface area contributed by atoms with Crippen LogP contribution in [0.5, 0.6) is 0 Å². The number of ether oxygens (including phenoxy) is 4. The molecule has 6 nitrogen and oxygen atoms in total. The van der Waals surface area contributed by atoms with Gasteiger partial charge in [-0.3, -0.25) is 4.79 Å². The van der Waals surface area contributed by atoms with Crippen LogP contribution in [-0.2, 0) is 50.2 Å². The van der Waals surface area contributed by atoms with Crippen LogP contribution in [0.3, 0.4) is 0 Å². The van der Waals surface area contributed by atoms with Crippen LogP contribution < -0.4 is 0 Å². The van der Waals surface area contributed by atoms with E-state index in [9.17, 15) is 9.90 Å². The molecule has 0 radical (unpaired) electrons. The molecule has 1 aliphatic carbocycles. The van der Waals surface area contributed by atoms with Crippen molar-refractivity contribution < 1.29 is 28.8 Å². The van der Waals surface area contributed by atoms with Crippen molar-refractivity contribution in [2.45, 2.75) is 56.8 Å². The van der Waals surface area contributed by atoms with Crippen LogP contribution in [0.4, 0.5) is 0 Å². The molecule has 4 aromatic carbocycles. The quantitative estimate of drug-likeness (QED) is 0.231. The summed E-state index contributed by atoms with van der Waals surface area (Å²) in [6.07, 6.45) is -2.85. The highest BCUT2D eigenvalue weighted by atomic mass is 16.6. The standard InChI is InChI=1S/C35H36O6/c36-31-21-35(37,26-38-22-27-13-5-1-6-14-27)34(41-25-30-19-11-4-12-20-30)33(40-24-29-17-9-3-10-18-29)32(31)39-23-28-15-7-2-8-16-28/h1-20,32-34,37H,21-26H2/t32-,33-,34+,35+/m1/s1. The van der Waals surface area contributed by atoms with Crippen molar-refractivity contribution in [2.24, 2.45) is 0 Å². The average molecular weight is 553 g/mol. The van der Waals surface area contributed by atoms with E-state index in [0.29, 0.717) is 6.61 Å². The van der Waals surface area contributed by atoms with Gasteiger partial charge in [0.2, 0.25) is 0 Å². The third-order valence-corrected chi connectivity index (χ3v) is 7.22. The maximum atomic E-state index is 13.6. The van der Waals surface area contributed by atoms with Gasteiger partial charge in [-0.25, -0.2) is 0 Å². The Morgan fingerprint density at radius 2 is 1.00 bits per heavy atom. The molecule has 6 heteroatoms. The largest absolute Gasteiger partial charge is 0.384 e. The third-order valence-electron chi connectivity index (χ3n) is 7.22. The summed E-state index contributed by atoms with van der Waals surface area (Å²) in [5.41, 5.74) is 2.18. The van der Waals surface area contributed by atoms with Crippen molar-refractivity contribution in [1.29, 1.82) is 0 Å². The van der Waals surface area contributed by atoms with Gasteiger partial charge in [0.15, 0.2) is 5.78 Å². The molecule has 1 saturated carbocycles. The minimum absolute atomic E-state index is 0.0936. The Hall–Kier alpha value is -3.65. The lowest BCUT2D eigenvalue weighted by molar-refractivity contribution is -0.240. The van der Waals surface area contributed by atoms with E-state index >= 15 is 0 Å². The molecule has 0 amide bonds. The summed E-state index contributed by atoms with van der Waals surface area (Å²) in [4.78, 5) is 13.6. The van der Waals surface area contributed by atoms with Crippen molar-refractivity contribution in [3.05, 3.63) is 144 Å². The van der Waals surface area contributed by atoms with Crippen molar-refractivity contribution in [3.8, 4) is 0 Å². The van der Waals surface area contributed by atoms with Gasteiger partial charge in [0.25, 0.3) is 0 Å². The lowest BCUT2D eigenvalue weighted by atomic mass is 9.78. The van der Waals surface area contributed by atoms with Gasteiger partial charge in [-0.15, -0.1) is 0 Å². The van der Waals surface area contributed by atoms with Crippen molar-refractivity contribution in [2.75, 3.05) is 6.61 Å². The highest BCUT2D eigenvalue weighted by Gasteiger charge is 2.55. The fraction of sp³-hybridized carbons (Fsp3) is 0.286. The Balaban J connectivity index is 1.40. The molecular formula is C35H36O6. The second-order valence-corrected chi connectivity index (χ2v) is 10.4. The molecule has 212 valence electrons. The van der Waals surface area contributed by atoms with E-state index in [1.807, 2.05) is 121 Å². The molecule has 0 bridgehead atoms. The van der Waals surface area contributed by atoms with E-state index in [4.69, 9.17) is 18.9 Å². The highest BCUT2D eigenvalue weighted by Crippen LogP contribution is 2.35. The van der Waals surface area contributed by atoms with Crippen LogP contribution in [0.2, 0.25) is 0 Å². The zero-order chi connectivity index (χ0) is 28.3. The second-order valence-electron chi connectivity index (χ2n) is 10.4. The predicted octanol–water partition coefficient (Wildman–Crippen LogP) is 5.66. The van der Waals surface area contributed by atoms with Crippen LogP contribution in [0.15, 0.2) is 121 Å². The predicted molar refractivity (Wildman–Crippen MR) is 156 cm³/mol. The fourth-order valence-corrected chi connectivity index (χ4v) is 5.10. The number of benzene rings is 4. The van der Waals surface area contributed by atoms with E-state index in [2.05, 4.69) is 0 Å². The second kappa shape index (κ2) is 14.3. The van der Waals surface area contributed by atoms with Gasteiger partial charge < -0.3 is 24.1 Å². The number of aliphatic hydroxyl groups is 1. The lowest BCUT2D eigenvalue weighted by Gasteiger charge is -2.46. The molecule has 4 aromatic rings. The van der Waals surface area contributed by atoms with E-state index in [-0.39, 0.29) is 38.6 Å².